The summed E-state index contributed by atoms with van der Waals surface area (Å²) in [5, 5.41) is 8.40. The zero-order chi connectivity index (χ0) is 17.4. The van der Waals surface area contributed by atoms with Crippen LogP contribution in [0.2, 0.25) is 5.02 Å². The summed E-state index contributed by atoms with van der Waals surface area (Å²) in [6.07, 6.45) is 0. The zero-order valence-electron chi connectivity index (χ0n) is 13.6. The maximum atomic E-state index is 12.8. The Balaban J connectivity index is 1.76. The third-order valence-corrected chi connectivity index (χ3v) is 5.43. The molecule has 4 rings (SSSR count). The molecule has 25 heavy (non-hydrogen) atoms. The largest absolute Gasteiger partial charge is 0.306 e. The molecule has 6 heteroatoms. The lowest BCUT2D eigenvalue weighted by Gasteiger charge is -2.12. The number of nitrogens with zero attached hydrogens (tertiary/aromatic N) is 2. The van der Waals surface area contributed by atoms with Crippen molar-refractivity contribution >= 4 is 35.1 Å². The van der Waals surface area contributed by atoms with E-state index in [0.717, 1.165) is 39.8 Å². The highest BCUT2D eigenvalue weighted by atomic mass is 35.5. The highest BCUT2D eigenvalue weighted by Crippen LogP contribution is 2.36. The molecule has 0 radical (unpaired) electrons. The molecule has 3 aromatic rings. The number of hydrogen-bond acceptors (Lipinski definition) is 3. The monoisotopic (exact) mass is 369 g/mol. The normalized spacial score (nSPS) is 12.9. The second-order valence-electron chi connectivity index (χ2n) is 5.93. The second-order valence-corrected chi connectivity index (χ2v) is 7.35. The number of benzene rings is 2. The van der Waals surface area contributed by atoms with Crippen molar-refractivity contribution in [2.75, 3.05) is 5.32 Å². The van der Waals surface area contributed by atoms with Gasteiger partial charge in [-0.1, -0.05) is 35.9 Å². The lowest BCUT2D eigenvalue weighted by molar-refractivity contribution is 0.102. The topological polar surface area (TPSA) is 46.9 Å². The number of aromatic nitrogens is 2. The van der Waals surface area contributed by atoms with E-state index < -0.39 is 0 Å². The fourth-order valence-corrected chi connectivity index (χ4v) is 4.16. The van der Waals surface area contributed by atoms with Crippen LogP contribution >= 0.6 is 23.4 Å². The highest BCUT2D eigenvalue weighted by Gasteiger charge is 2.25. The lowest BCUT2D eigenvalue weighted by atomic mass is 10.1. The molecule has 2 heterocycles. The molecule has 1 amide bonds. The molecule has 0 bridgehead atoms. The molecule has 0 aliphatic carbocycles. The maximum Gasteiger partial charge on any atom is 0.257 e. The number of carbonyl (C=O) groups excluding carboxylic acids is 1. The molecule has 1 aromatic heterocycles. The van der Waals surface area contributed by atoms with Gasteiger partial charge in [-0.3, -0.25) is 4.79 Å². The Labute approximate surface area is 155 Å². The number of fused-ring (bicyclic) bond motifs is 1. The van der Waals surface area contributed by atoms with Gasteiger partial charge in [0.2, 0.25) is 0 Å². The van der Waals surface area contributed by atoms with Crippen molar-refractivity contribution in [3.63, 3.8) is 0 Å². The first-order valence-electron chi connectivity index (χ1n) is 7.95. The molecule has 126 valence electrons. The van der Waals surface area contributed by atoms with E-state index in [2.05, 4.69) is 5.32 Å². The molecule has 1 N–H and O–H groups in total. The minimum atomic E-state index is -0.124. The average molecular weight is 370 g/mol. The first kappa shape index (κ1) is 16.2. The number of halogens is 1. The standard InChI is InChI=1S/C19H16ClN3OS/c1-12-5-2-3-8-15(12)19(24)21-18-16-10-25-11-17(16)22-23(18)14-7-4-6-13(20)9-14/h2-9H,10-11H2,1H3,(H,21,24). The molecule has 0 atom stereocenters. The SMILES string of the molecule is Cc1ccccc1C(=O)Nc1c2c(nn1-c1cccc(Cl)c1)CSC2. The predicted molar refractivity (Wildman–Crippen MR) is 103 cm³/mol. The number of aryl methyl sites for hydroxylation is 1. The van der Waals surface area contributed by atoms with Gasteiger partial charge in [-0.2, -0.15) is 16.9 Å². The molecule has 1 aliphatic heterocycles. The third kappa shape index (κ3) is 3.05. The maximum absolute atomic E-state index is 12.8. The summed E-state index contributed by atoms with van der Waals surface area (Å²) in [7, 11) is 0. The zero-order valence-corrected chi connectivity index (χ0v) is 15.2. The average Bonchev–Trinajstić information content (AvgIpc) is 3.18. The smallest absolute Gasteiger partial charge is 0.257 e. The van der Waals surface area contributed by atoms with Crippen molar-refractivity contribution in [2.24, 2.45) is 0 Å². The van der Waals surface area contributed by atoms with Crippen molar-refractivity contribution in [3.8, 4) is 5.69 Å². The van der Waals surface area contributed by atoms with Gasteiger partial charge >= 0.3 is 0 Å². The molecule has 0 fully saturated rings. The molecule has 0 saturated carbocycles. The quantitative estimate of drug-likeness (QED) is 0.719. The summed E-state index contributed by atoms with van der Waals surface area (Å²) >= 11 is 7.93. The van der Waals surface area contributed by atoms with Crippen LogP contribution in [-0.2, 0) is 11.5 Å². The second kappa shape index (κ2) is 6.58. The third-order valence-electron chi connectivity index (χ3n) is 4.23. The first-order chi connectivity index (χ1) is 12.1. The summed E-state index contributed by atoms with van der Waals surface area (Å²) in [5.74, 6) is 2.31. The van der Waals surface area contributed by atoms with Gasteiger partial charge in [0.05, 0.1) is 11.4 Å². The van der Waals surface area contributed by atoms with E-state index in [4.69, 9.17) is 16.7 Å². The van der Waals surface area contributed by atoms with Crippen molar-refractivity contribution in [3.05, 3.63) is 75.9 Å². The van der Waals surface area contributed by atoms with Crippen LogP contribution in [0, 0.1) is 6.92 Å². The van der Waals surface area contributed by atoms with E-state index in [0.29, 0.717) is 10.6 Å². The van der Waals surface area contributed by atoms with Gasteiger partial charge in [0.1, 0.15) is 5.82 Å². The lowest BCUT2D eigenvalue weighted by Crippen LogP contribution is -2.17. The Morgan fingerprint density at radius 1 is 1.20 bits per heavy atom. The van der Waals surface area contributed by atoms with Crippen LogP contribution in [0.5, 0.6) is 0 Å². The van der Waals surface area contributed by atoms with E-state index in [9.17, 15) is 4.79 Å². The summed E-state index contributed by atoms with van der Waals surface area (Å²) in [6.45, 7) is 1.93. The number of carbonyl (C=O) groups is 1. The van der Waals surface area contributed by atoms with Crippen LogP contribution in [0.15, 0.2) is 48.5 Å². The Hall–Kier alpha value is -2.24. The fraction of sp³-hybridized carbons (Fsp3) is 0.158. The number of anilines is 1. The molecule has 4 nitrogen and oxygen atoms in total. The van der Waals surface area contributed by atoms with Crippen LogP contribution in [0.25, 0.3) is 5.69 Å². The van der Waals surface area contributed by atoms with Crippen molar-refractivity contribution < 1.29 is 4.79 Å². The van der Waals surface area contributed by atoms with Crippen LogP contribution in [0.1, 0.15) is 27.2 Å². The van der Waals surface area contributed by atoms with Gasteiger partial charge in [0, 0.05) is 27.7 Å². The van der Waals surface area contributed by atoms with Crippen LogP contribution in [0.3, 0.4) is 0 Å². The Bertz CT molecular complexity index is 967. The number of thioether (sulfide) groups is 1. The summed E-state index contributed by atoms with van der Waals surface area (Å²) in [4.78, 5) is 12.8. The van der Waals surface area contributed by atoms with E-state index in [1.807, 2.05) is 55.5 Å². The van der Waals surface area contributed by atoms with Crippen molar-refractivity contribution in [2.45, 2.75) is 18.4 Å². The number of nitrogens with one attached hydrogen (secondary N) is 1. The Kier molecular flexibility index (Phi) is 4.27. The molecule has 0 saturated heterocycles. The predicted octanol–water partition coefficient (Wildman–Crippen LogP) is 4.83. The van der Waals surface area contributed by atoms with E-state index >= 15 is 0 Å². The molecule has 0 spiro atoms. The summed E-state index contributed by atoms with van der Waals surface area (Å²) < 4.78 is 1.78. The summed E-state index contributed by atoms with van der Waals surface area (Å²) in [5.41, 5.74) is 4.56. The molecule has 1 aliphatic rings. The molecular weight excluding hydrogens is 354 g/mol. The Morgan fingerprint density at radius 2 is 2.04 bits per heavy atom. The Morgan fingerprint density at radius 3 is 2.84 bits per heavy atom. The fourth-order valence-electron chi connectivity index (χ4n) is 2.94. The van der Waals surface area contributed by atoms with Crippen LogP contribution < -0.4 is 5.32 Å². The van der Waals surface area contributed by atoms with Gasteiger partial charge < -0.3 is 5.32 Å². The number of amides is 1. The first-order valence-corrected chi connectivity index (χ1v) is 9.48. The van der Waals surface area contributed by atoms with Crippen LogP contribution in [-0.4, -0.2) is 15.7 Å². The van der Waals surface area contributed by atoms with E-state index in [-0.39, 0.29) is 5.91 Å². The number of hydrogen-bond donors (Lipinski definition) is 1. The van der Waals surface area contributed by atoms with E-state index in [1.165, 1.54) is 0 Å². The van der Waals surface area contributed by atoms with Gasteiger partial charge in [-0.15, -0.1) is 0 Å². The highest BCUT2D eigenvalue weighted by molar-refractivity contribution is 7.98. The molecular formula is C19H16ClN3OS. The van der Waals surface area contributed by atoms with E-state index in [1.54, 1.807) is 16.4 Å². The molecule has 0 unspecified atom stereocenters. The van der Waals surface area contributed by atoms with Crippen molar-refractivity contribution in [1.82, 2.24) is 9.78 Å². The van der Waals surface area contributed by atoms with Gasteiger partial charge in [-0.05, 0) is 36.8 Å². The van der Waals surface area contributed by atoms with Crippen LogP contribution in [0.4, 0.5) is 5.82 Å². The van der Waals surface area contributed by atoms with Gasteiger partial charge in [-0.25, -0.2) is 4.68 Å². The number of rotatable bonds is 3. The summed E-state index contributed by atoms with van der Waals surface area (Å²) in [6, 6.07) is 15.1. The van der Waals surface area contributed by atoms with Gasteiger partial charge in [0.25, 0.3) is 5.91 Å². The van der Waals surface area contributed by atoms with Crippen molar-refractivity contribution in [1.29, 1.82) is 0 Å². The van der Waals surface area contributed by atoms with Gasteiger partial charge in [0.15, 0.2) is 0 Å². The molecule has 2 aromatic carbocycles. The minimum Gasteiger partial charge on any atom is -0.306 e. The minimum absolute atomic E-state index is 0.124.